The van der Waals surface area contributed by atoms with Gasteiger partial charge < -0.3 is 9.29 Å². The smallest absolute Gasteiger partial charge is 0.144 e. The molecule has 1 heterocycles. The van der Waals surface area contributed by atoms with Crippen LogP contribution in [0.5, 0.6) is 5.75 Å². The number of hydrogen-bond acceptors (Lipinski definition) is 4. The van der Waals surface area contributed by atoms with Crippen molar-refractivity contribution in [1.82, 2.24) is 0 Å². The fourth-order valence-electron chi connectivity index (χ4n) is 2.44. The van der Waals surface area contributed by atoms with Crippen LogP contribution in [0.2, 0.25) is 0 Å². The third-order valence-corrected chi connectivity index (χ3v) is 5.59. The van der Waals surface area contributed by atoms with Gasteiger partial charge >= 0.3 is 0 Å². The second kappa shape index (κ2) is 6.96. The Morgan fingerprint density at radius 3 is 2.75 bits per heavy atom. The normalized spacial score (nSPS) is 21.7. The van der Waals surface area contributed by atoms with E-state index in [9.17, 15) is 4.55 Å². The van der Waals surface area contributed by atoms with Crippen LogP contribution < -0.4 is 4.74 Å². The maximum Gasteiger partial charge on any atom is 0.144 e. The number of fused-ring (bicyclic) bond motifs is 1. The molecule has 0 unspecified atom stereocenters. The molecule has 0 N–H and O–H groups in total. The monoisotopic (exact) mass is 412 g/mol. The van der Waals surface area contributed by atoms with E-state index in [4.69, 9.17) is 10.3 Å². The minimum absolute atomic E-state index is 0.249. The van der Waals surface area contributed by atoms with Gasteiger partial charge in [-0.15, -0.1) is 0 Å². The van der Waals surface area contributed by atoms with Crippen molar-refractivity contribution in [2.75, 3.05) is 6.54 Å². The minimum Gasteiger partial charge on any atom is -0.591 e. The molecular weight excluding hydrogens is 392 g/mol. The molecule has 0 saturated carbocycles. The van der Waals surface area contributed by atoms with Gasteiger partial charge in [-0.3, -0.25) is 0 Å². The molecule has 0 fully saturated rings. The highest BCUT2D eigenvalue weighted by Crippen LogP contribution is 2.40. The maximum absolute atomic E-state index is 12.3. The van der Waals surface area contributed by atoms with Gasteiger partial charge in [0, 0.05) is 21.4 Å². The molecule has 0 aliphatic carbocycles. The van der Waals surface area contributed by atoms with Crippen LogP contribution in [0, 0.1) is 0 Å². The van der Waals surface area contributed by atoms with Crippen molar-refractivity contribution in [2.45, 2.75) is 51.4 Å². The van der Waals surface area contributed by atoms with Crippen molar-refractivity contribution in [1.29, 1.82) is 0 Å². The lowest BCUT2D eigenvalue weighted by Crippen LogP contribution is -2.33. The molecule has 6 nitrogen and oxygen atoms in total. The zero-order valence-electron chi connectivity index (χ0n) is 14.5. The van der Waals surface area contributed by atoms with Gasteiger partial charge in [-0.1, -0.05) is 25.4 Å². The summed E-state index contributed by atoms with van der Waals surface area (Å²) in [6, 6.07) is 3.91. The first-order chi connectivity index (χ1) is 11.1. The highest BCUT2D eigenvalue weighted by molar-refractivity contribution is 9.10. The highest BCUT2D eigenvalue weighted by atomic mass is 79.9. The Kier molecular flexibility index (Phi) is 5.54. The fourth-order valence-corrected chi connectivity index (χ4v) is 3.56. The van der Waals surface area contributed by atoms with Crippen LogP contribution in [-0.4, -0.2) is 27.2 Å². The third kappa shape index (κ3) is 4.25. The Bertz CT molecular complexity index is 726. The van der Waals surface area contributed by atoms with Gasteiger partial charge in [-0.25, -0.2) is 0 Å². The minimum atomic E-state index is -1.34. The first kappa shape index (κ1) is 19.1. The number of hydrogen-bond donors (Lipinski definition) is 0. The predicted octanol–water partition coefficient (Wildman–Crippen LogP) is 4.72. The van der Waals surface area contributed by atoms with Gasteiger partial charge in [-0.05, 0) is 57.8 Å². The molecule has 0 amide bonds. The second-order valence-corrected chi connectivity index (χ2v) is 9.92. The average Bonchev–Trinajstić information content (AvgIpc) is 2.79. The Morgan fingerprint density at radius 2 is 2.17 bits per heavy atom. The number of benzene rings is 1. The molecule has 0 spiro atoms. The lowest BCUT2D eigenvalue weighted by Gasteiger charge is -2.22. The van der Waals surface area contributed by atoms with Crippen molar-refractivity contribution in [3.05, 3.63) is 38.2 Å². The van der Waals surface area contributed by atoms with Crippen molar-refractivity contribution in [3.8, 4) is 5.75 Å². The molecule has 1 aromatic rings. The number of azide groups is 1. The lowest BCUT2D eigenvalue weighted by atomic mass is 9.98. The number of halogens is 1. The van der Waals surface area contributed by atoms with Crippen LogP contribution in [-0.2, 0) is 17.8 Å². The summed E-state index contributed by atoms with van der Waals surface area (Å²) in [7, 11) is 0. The van der Waals surface area contributed by atoms with Crippen molar-refractivity contribution in [3.63, 3.8) is 0 Å². The molecular formula is C16H21BrN4O2S. The quantitative estimate of drug-likeness (QED) is 0.235. The van der Waals surface area contributed by atoms with Gasteiger partial charge in [0.2, 0.25) is 0 Å². The molecule has 2 atom stereocenters. The average molecular weight is 413 g/mol. The predicted molar refractivity (Wildman–Crippen MR) is 101 cm³/mol. The summed E-state index contributed by atoms with van der Waals surface area (Å²) < 4.78 is 23.3. The molecule has 130 valence electrons. The Hall–Kier alpha value is -1.21. The van der Waals surface area contributed by atoms with E-state index in [0.717, 1.165) is 21.3 Å². The van der Waals surface area contributed by atoms with E-state index >= 15 is 0 Å². The van der Waals surface area contributed by atoms with Gasteiger partial charge in [0.25, 0.3) is 0 Å². The van der Waals surface area contributed by atoms with E-state index < -0.39 is 21.7 Å². The number of nitrogens with zero attached hydrogens (tertiary/aromatic N) is 4. The van der Waals surface area contributed by atoms with Crippen LogP contribution in [0.15, 0.2) is 26.1 Å². The van der Waals surface area contributed by atoms with Crippen LogP contribution in [0.3, 0.4) is 0 Å². The summed E-state index contributed by atoms with van der Waals surface area (Å²) in [5, 5.41) is 3.65. The topological polar surface area (TPSA) is 93.4 Å². The molecule has 1 aliphatic rings. The second-order valence-electron chi connectivity index (χ2n) is 7.10. The third-order valence-electron chi connectivity index (χ3n) is 3.65. The van der Waals surface area contributed by atoms with Gasteiger partial charge in [0.05, 0.1) is 12.3 Å². The van der Waals surface area contributed by atoms with E-state index in [1.807, 2.05) is 46.8 Å². The maximum atomic E-state index is 12.3. The fraction of sp³-hybridized carbons (Fsp3) is 0.562. The summed E-state index contributed by atoms with van der Waals surface area (Å²) in [6.45, 7) is 9.66. The Balaban J connectivity index is 2.42. The Labute approximate surface area is 153 Å². The van der Waals surface area contributed by atoms with E-state index in [1.54, 1.807) is 0 Å². The van der Waals surface area contributed by atoms with Crippen LogP contribution in [0.4, 0.5) is 0 Å². The summed E-state index contributed by atoms with van der Waals surface area (Å²) in [4.78, 5) is 2.82. The first-order valence-electron chi connectivity index (χ1n) is 7.56. The van der Waals surface area contributed by atoms with Crippen LogP contribution in [0.1, 0.15) is 45.7 Å². The molecule has 1 aliphatic heterocycles. The standard InChI is InChI=1S/C16H21BrN4O2S/c1-10(20-24(22)15(2,3)4)13-7-12(17)6-11-8-16(5,9-19-21-18)23-14(11)13/h6-7H,8-9H2,1-5H3/t16-,24-/m1/s1. The van der Waals surface area contributed by atoms with Crippen molar-refractivity contribution < 1.29 is 9.29 Å². The summed E-state index contributed by atoms with van der Waals surface area (Å²) in [5.41, 5.74) is 10.5. The first-order valence-corrected chi connectivity index (χ1v) is 9.46. The number of rotatable bonds is 4. The SMILES string of the molecule is CC(=N[S@+]([O-])C(C)(C)C)c1cc(Br)cc2c1O[C@@](C)(CN=[N+]=[N-])C2. The molecule has 2 rings (SSSR count). The number of ether oxygens (including phenoxy) is 1. The lowest BCUT2D eigenvalue weighted by molar-refractivity contribution is 0.125. The largest absolute Gasteiger partial charge is 0.591 e. The van der Waals surface area contributed by atoms with E-state index in [0.29, 0.717) is 12.1 Å². The summed E-state index contributed by atoms with van der Waals surface area (Å²) in [6.07, 6.45) is 0.642. The van der Waals surface area contributed by atoms with E-state index in [1.165, 1.54) is 0 Å². The molecule has 0 saturated heterocycles. The zero-order valence-corrected chi connectivity index (χ0v) is 16.9. The van der Waals surface area contributed by atoms with Gasteiger partial charge in [0.1, 0.15) is 27.5 Å². The Morgan fingerprint density at radius 1 is 1.50 bits per heavy atom. The molecule has 0 bridgehead atoms. The van der Waals surface area contributed by atoms with E-state index in [-0.39, 0.29) is 6.54 Å². The van der Waals surface area contributed by atoms with Crippen molar-refractivity contribution in [2.24, 2.45) is 9.51 Å². The van der Waals surface area contributed by atoms with Gasteiger partial charge in [-0.2, -0.15) is 0 Å². The van der Waals surface area contributed by atoms with E-state index in [2.05, 4.69) is 30.4 Å². The van der Waals surface area contributed by atoms with Crippen LogP contribution in [0.25, 0.3) is 10.4 Å². The summed E-state index contributed by atoms with van der Waals surface area (Å²) in [5.74, 6) is 0.723. The molecule has 0 radical (unpaired) electrons. The van der Waals surface area contributed by atoms with Gasteiger partial charge in [0.15, 0.2) is 0 Å². The van der Waals surface area contributed by atoms with Crippen LogP contribution >= 0.6 is 15.9 Å². The molecule has 8 heteroatoms. The summed E-state index contributed by atoms with van der Waals surface area (Å²) >= 11 is 2.17. The zero-order chi connectivity index (χ0) is 18.1. The molecule has 1 aromatic carbocycles. The molecule has 24 heavy (non-hydrogen) atoms. The molecule has 0 aromatic heterocycles. The van der Waals surface area contributed by atoms with Crippen molar-refractivity contribution >= 4 is 33.0 Å². The highest BCUT2D eigenvalue weighted by Gasteiger charge is 2.37.